The van der Waals surface area contributed by atoms with Crippen LogP contribution >= 0.6 is 23.8 Å². The zero-order valence-electron chi connectivity index (χ0n) is 8.56. The van der Waals surface area contributed by atoms with Crippen molar-refractivity contribution in [2.75, 3.05) is 0 Å². The van der Waals surface area contributed by atoms with Crippen LogP contribution in [0.1, 0.15) is 11.3 Å². The van der Waals surface area contributed by atoms with Gasteiger partial charge in [0.2, 0.25) is 0 Å². The second-order valence-corrected chi connectivity index (χ2v) is 4.39. The van der Waals surface area contributed by atoms with Crippen molar-refractivity contribution in [1.29, 1.82) is 0 Å². The highest BCUT2D eigenvalue weighted by Crippen LogP contribution is 2.13. The highest BCUT2D eigenvalue weighted by Gasteiger charge is 2.04. The molecule has 0 aliphatic carbocycles. The van der Waals surface area contributed by atoms with E-state index in [1.807, 2.05) is 47.2 Å². The monoisotopic (exact) mass is 250 g/mol. The highest BCUT2D eigenvalue weighted by molar-refractivity contribution is 7.80. The molecule has 0 atom stereocenters. The highest BCUT2D eigenvalue weighted by atomic mass is 35.5. The topological polar surface area (TPSA) is 30.9 Å². The summed E-state index contributed by atoms with van der Waals surface area (Å²) in [6.45, 7) is 0.722. The SMILES string of the molecule is NC(=S)c1cccn1Cc1cccc(Cl)c1. The normalized spacial score (nSPS) is 10.3. The van der Waals surface area contributed by atoms with E-state index in [1.165, 1.54) is 0 Å². The van der Waals surface area contributed by atoms with E-state index in [9.17, 15) is 0 Å². The van der Waals surface area contributed by atoms with E-state index in [2.05, 4.69) is 0 Å². The van der Waals surface area contributed by atoms with Gasteiger partial charge in [-0.25, -0.2) is 0 Å². The fourth-order valence-corrected chi connectivity index (χ4v) is 2.01. The maximum Gasteiger partial charge on any atom is 0.120 e. The van der Waals surface area contributed by atoms with Crippen molar-refractivity contribution in [3.05, 3.63) is 58.9 Å². The van der Waals surface area contributed by atoms with E-state index in [1.54, 1.807) is 0 Å². The van der Waals surface area contributed by atoms with Gasteiger partial charge < -0.3 is 10.3 Å². The zero-order valence-corrected chi connectivity index (χ0v) is 10.1. The van der Waals surface area contributed by atoms with Gasteiger partial charge in [-0.3, -0.25) is 0 Å². The van der Waals surface area contributed by atoms with Crippen LogP contribution in [0.15, 0.2) is 42.6 Å². The summed E-state index contributed by atoms with van der Waals surface area (Å²) in [5.74, 6) is 0. The molecule has 2 aromatic rings. The Morgan fingerprint density at radius 1 is 1.31 bits per heavy atom. The molecule has 0 saturated heterocycles. The summed E-state index contributed by atoms with van der Waals surface area (Å²) in [7, 11) is 0. The van der Waals surface area contributed by atoms with Crippen LogP contribution in [0.25, 0.3) is 0 Å². The number of benzene rings is 1. The first-order valence-electron chi connectivity index (χ1n) is 4.86. The van der Waals surface area contributed by atoms with Crippen LogP contribution in [0.4, 0.5) is 0 Å². The van der Waals surface area contributed by atoms with Crippen molar-refractivity contribution >= 4 is 28.8 Å². The minimum atomic E-state index is 0.409. The number of aromatic nitrogens is 1. The number of halogens is 1. The van der Waals surface area contributed by atoms with E-state index in [0.29, 0.717) is 4.99 Å². The van der Waals surface area contributed by atoms with Crippen LogP contribution in [0.5, 0.6) is 0 Å². The molecular formula is C12H11ClN2S. The lowest BCUT2D eigenvalue weighted by Crippen LogP contribution is -2.15. The van der Waals surface area contributed by atoms with Gasteiger partial charge in [0, 0.05) is 17.8 Å². The zero-order chi connectivity index (χ0) is 11.5. The van der Waals surface area contributed by atoms with Crippen LogP contribution < -0.4 is 5.73 Å². The summed E-state index contributed by atoms with van der Waals surface area (Å²) in [4.78, 5) is 0.409. The molecule has 1 aromatic heterocycles. The summed E-state index contributed by atoms with van der Waals surface area (Å²) in [6, 6.07) is 11.6. The average Bonchev–Trinajstić information content (AvgIpc) is 2.66. The van der Waals surface area contributed by atoms with Crippen LogP contribution in [0.2, 0.25) is 5.02 Å². The van der Waals surface area contributed by atoms with Crippen LogP contribution in [-0.2, 0) is 6.54 Å². The van der Waals surface area contributed by atoms with Crippen molar-refractivity contribution in [1.82, 2.24) is 4.57 Å². The van der Waals surface area contributed by atoms with Crippen LogP contribution in [0, 0.1) is 0 Å². The second kappa shape index (κ2) is 4.68. The fraction of sp³-hybridized carbons (Fsp3) is 0.0833. The predicted molar refractivity (Wildman–Crippen MR) is 70.9 cm³/mol. The molecular weight excluding hydrogens is 240 g/mol. The van der Waals surface area contributed by atoms with Crippen molar-refractivity contribution in [2.45, 2.75) is 6.54 Å². The van der Waals surface area contributed by atoms with Gasteiger partial charge in [0.25, 0.3) is 0 Å². The molecule has 16 heavy (non-hydrogen) atoms. The molecule has 2 rings (SSSR count). The van der Waals surface area contributed by atoms with Crippen molar-refractivity contribution in [3.63, 3.8) is 0 Å². The first-order chi connectivity index (χ1) is 7.66. The van der Waals surface area contributed by atoms with Gasteiger partial charge in [-0.05, 0) is 29.8 Å². The lowest BCUT2D eigenvalue weighted by molar-refractivity contribution is 0.798. The van der Waals surface area contributed by atoms with Gasteiger partial charge in [-0.15, -0.1) is 0 Å². The minimum absolute atomic E-state index is 0.409. The van der Waals surface area contributed by atoms with Crippen molar-refractivity contribution in [2.24, 2.45) is 5.73 Å². The van der Waals surface area contributed by atoms with E-state index in [4.69, 9.17) is 29.6 Å². The summed E-state index contributed by atoms with van der Waals surface area (Å²) >= 11 is 10.9. The van der Waals surface area contributed by atoms with Gasteiger partial charge in [-0.2, -0.15) is 0 Å². The third-order valence-electron chi connectivity index (χ3n) is 2.32. The van der Waals surface area contributed by atoms with Gasteiger partial charge in [0.05, 0.1) is 5.69 Å². The number of nitrogens with two attached hydrogens (primary N) is 1. The van der Waals surface area contributed by atoms with Gasteiger partial charge in [-0.1, -0.05) is 36.0 Å². The van der Waals surface area contributed by atoms with Crippen LogP contribution in [0.3, 0.4) is 0 Å². The molecule has 0 amide bonds. The lowest BCUT2D eigenvalue weighted by Gasteiger charge is -2.08. The quantitative estimate of drug-likeness (QED) is 0.850. The van der Waals surface area contributed by atoms with Crippen molar-refractivity contribution < 1.29 is 0 Å². The summed E-state index contributed by atoms with van der Waals surface area (Å²) < 4.78 is 2.01. The number of rotatable bonds is 3. The maximum atomic E-state index is 5.93. The van der Waals surface area contributed by atoms with E-state index in [-0.39, 0.29) is 0 Å². The van der Waals surface area contributed by atoms with Crippen molar-refractivity contribution in [3.8, 4) is 0 Å². The molecule has 0 spiro atoms. The summed E-state index contributed by atoms with van der Waals surface area (Å²) in [6.07, 6.45) is 1.95. The number of hydrogen-bond donors (Lipinski definition) is 1. The Balaban J connectivity index is 2.27. The third-order valence-corrected chi connectivity index (χ3v) is 2.77. The first kappa shape index (κ1) is 11.2. The molecule has 0 radical (unpaired) electrons. The lowest BCUT2D eigenvalue weighted by atomic mass is 10.2. The molecule has 2 N–H and O–H groups in total. The smallest absolute Gasteiger partial charge is 0.120 e. The van der Waals surface area contributed by atoms with E-state index < -0.39 is 0 Å². The Morgan fingerprint density at radius 3 is 2.81 bits per heavy atom. The average molecular weight is 251 g/mol. The molecule has 1 aromatic carbocycles. The molecule has 0 fully saturated rings. The molecule has 2 nitrogen and oxygen atoms in total. The fourth-order valence-electron chi connectivity index (χ4n) is 1.61. The predicted octanol–water partition coefficient (Wildman–Crippen LogP) is 2.82. The molecule has 0 aliphatic rings. The number of thiocarbonyl (C=S) groups is 1. The molecule has 1 heterocycles. The van der Waals surface area contributed by atoms with Gasteiger partial charge in [0.1, 0.15) is 4.99 Å². The Labute approximate surface area is 105 Å². The summed E-state index contributed by atoms with van der Waals surface area (Å²) in [5, 5.41) is 0.738. The third kappa shape index (κ3) is 2.43. The molecule has 0 aliphatic heterocycles. The van der Waals surface area contributed by atoms with Gasteiger partial charge in [0.15, 0.2) is 0 Å². The number of nitrogens with zero attached hydrogens (tertiary/aromatic N) is 1. The first-order valence-corrected chi connectivity index (χ1v) is 5.65. The Kier molecular flexibility index (Phi) is 3.27. The molecule has 0 saturated carbocycles. The molecule has 4 heteroatoms. The Bertz CT molecular complexity index is 519. The second-order valence-electron chi connectivity index (χ2n) is 3.52. The standard InChI is InChI=1S/C12H11ClN2S/c13-10-4-1-3-9(7-10)8-15-6-2-5-11(15)12(14)16/h1-7H,8H2,(H2,14,16). The van der Waals surface area contributed by atoms with Crippen LogP contribution in [-0.4, -0.2) is 9.56 Å². The molecule has 82 valence electrons. The largest absolute Gasteiger partial charge is 0.388 e. The summed E-state index contributed by atoms with van der Waals surface area (Å²) in [5.41, 5.74) is 7.62. The maximum absolute atomic E-state index is 5.93. The van der Waals surface area contributed by atoms with E-state index in [0.717, 1.165) is 22.8 Å². The van der Waals surface area contributed by atoms with Gasteiger partial charge >= 0.3 is 0 Å². The number of hydrogen-bond acceptors (Lipinski definition) is 1. The molecule has 0 bridgehead atoms. The minimum Gasteiger partial charge on any atom is -0.388 e. The Morgan fingerprint density at radius 2 is 2.12 bits per heavy atom. The molecule has 0 unspecified atom stereocenters. The Hall–Kier alpha value is -1.32. The van der Waals surface area contributed by atoms with E-state index >= 15 is 0 Å².